The lowest BCUT2D eigenvalue weighted by Crippen LogP contribution is -2.42. The van der Waals surface area contributed by atoms with Crippen molar-refractivity contribution in [3.63, 3.8) is 0 Å². The maximum atomic E-state index is 12.6. The van der Waals surface area contributed by atoms with Gasteiger partial charge >= 0.3 is 0 Å². The average Bonchev–Trinajstić information content (AvgIpc) is 3.05. The first-order valence-corrected chi connectivity index (χ1v) is 13.1. The lowest BCUT2D eigenvalue weighted by Gasteiger charge is -2.31. The zero-order valence-corrected chi connectivity index (χ0v) is 23.4. The number of anilines is 1. The molecule has 182 valence electrons. The molecule has 0 aliphatic carbocycles. The van der Waals surface area contributed by atoms with Crippen LogP contribution in [0, 0.1) is 0 Å². The highest BCUT2D eigenvalue weighted by atomic mass is 79.9. The molecule has 0 spiro atoms. The SMILES string of the molecule is Br.CCN(CC)c1ccc(N=C2SCC(O)(c3ccc(Cl)c(S(=O)(=O)N(C)C)c3)N2C)cc1. The van der Waals surface area contributed by atoms with Crippen LogP contribution in [0.4, 0.5) is 11.4 Å². The van der Waals surface area contributed by atoms with Crippen LogP contribution in [0.1, 0.15) is 19.4 Å². The molecule has 0 radical (unpaired) electrons. The van der Waals surface area contributed by atoms with Gasteiger partial charge in [-0.05, 0) is 50.2 Å². The van der Waals surface area contributed by atoms with E-state index in [0.717, 1.165) is 28.8 Å². The minimum absolute atomic E-state index is 0. The normalized spacial score (nSPS) is 19.8. The smallest absolute Gasteiger partial charge is 0.244 e. The Morgan fingerprint density at radius 1 is 1.15 bits per heavy atom. The summed E-state index contributed by atoms with van der Waals surface area (Å²) in [5.41, 5.74) is 0.954. The van der Waals surface area contributed by atoms with Crippen molar-refractivity contribution in [2.24, 2.45) is 4.99 Å². The standard InChI is InChI=1S/C22H29ClN4O3S2.BrH/c1-6-27(7-2)18-11-9-17(10-12-18)24-21-26(5)22(28,15-31-21)16-8-13-19(23)20(14-16)32(29,30)25(3)4;/h8-14,28H,6-7,15H2,1-5H3;1H. The highest BCUT2D eigenvalue weighted by Gasteiger charge is 2.43. The number of amidine groups is 1. The fraction of sp³-hybridized carbons (Fsp3) is 0.409. The van der Waals surface area contributed by atoms with E-state index in [-0.39, 0.29) is 26.9 Å². The van der Waals surface area contributed by atoms with Crippen LogP contribution in [0.15, 0.2) is 52.4 Å². The van der Waals surface area contributed by atoms with Gasteiger partial charge in [-0.3, -0.25) is 0 Å². The molecule has 1 N–H and O–H groups in total. The molecule has 1 unspecified atom stereocenters. The number of sulfonamides is 1. The number of halogens is 2. The number of thioether (sulfide) groups is 1. The fourth-order valence-electron chi connectivity index (χ4n) is 3.49. The Morgan fingerprint density at radius 3 is 2.30 bits per heavy atom. The first-order valence-electron chi connectivity index (χ1n) is 10.3. The zero-order chi connectivity index (χ0) is 23.7. The molecular weight excluding hydrogens is 548 g/mol. The van der Waals surface area contributed by atoms with Crippen molar-refractivity contribution < 1.29 is 13.5 Å². The molecule has 2 aromatic carbocycles. The summed E-state index contributed by atoms with van der Waals surface area (Å²) in [6.45, 7) is 6.11. The second-order valence-corrected chi connectivity index (χ2v) is 11.1. The molecule has 7 nitrogen and oxygen atoms in total. The summed E-state index contributed by atoms with van der Waals surface area (Å²) in [7, 11) is 0.888. The Morgan fingerprint density at radius 2 is 1.76 bits per heavy atom. The van der Waals surface area contributed by atoms with Gasteiger partial charge in [0.1, 0.15) is 4.90 Å². The van der Waals surface area contributed by atoms with Crippen LogP contribution in [0.5, 0.6) is 0 Å². The van der Waals surface area contributed by atoms with Gasteiger partial charge in [0.25, 0.3) is 0 Å². The number of rotatable bonds is 7. The molecule has 11 heteroatoms. The lowest BCUT2D eigenvalue weighted by molar-refractivity contribution is -0.0349. The minimum Gasteiger partial charge on any atom is -0.372 e. The second kappa shape index (κ2) is 11.0. The first-order chi connectivity index (χ1) is 15.0. The third-order valence-electron chi connectivity index (χ3n) is 5.60. The molecule has 3 rings (SSSR count). The van der Waals surface area contributed by atoms with E-state index in [9.17, 15) is 13.5 Å². The third-order valence-corrected chi connectivity index (χ3v) is 9.07. The molecule has 1 saturated heterocycles. The molecule has 0 aromatic heterocycles. The maximum absolute atomic E-state index is 12.6. The van der Waals surface area contributed by atoms with Crippen LogP contribution in [0.3, 0.4) is 0 Å². The number of nitrogens with zero attached hydrogens (tertiary/aromatic N) is 4. The van der Waals surface area contributed by atoms with Gasteiger partial charge in [0, 0.05) is 45.5 Å². The van der Waals surface area contributed by atoms with Gasteiger partial charge < -0.3 is 14.9 Å². The van der Waals surface area contributed by atoms with Gasteiger partial charge in [-0.15, -0.1) is 17.0 Å². The Balaban J connectivity index is 0.00000385. The van der Waals surface area contributed by atoms with Crippen LogP contribution in [-0.4, -0.2) is 67.9 Å². The number of aliphatic imine (C=N–C) groups is 1. The van der Waals surface area contributed by atoms with Crippen molar-refractivity contribution >= 4 is 66.9 Å². The summed E-state index contributed by atoms with van der Waals surface area (Å²) in [4.78, 5) is 8.60. The van der Waals surface area contributed by atoms with Gasteiger partial charge in [-0.1, -0.05) is 29.4 Å². The second-order valence-electron chi connectivity index (χ2n) is 7.68. The quantitative estimate of drug-likeness (QED) is 0.521. The molecule has 1 aliphatic rings. The largest absolute Gasteiger partial charge is 0.372 e. The van der Waals surface area contributed by atoms with Crippen molar-refractivity contribution in [2.75, 3.05) is 44.9 Å². The molecule has 1 atom stereocenters. The van der Waals surface area contributed by atoms with E-state index in [1.165, 1.54) is 38.0 Å². The highest BCUT2D eigenvalue weighted by molar-refractivity contribution is 8.93. The van der Waals surface area contributed by atoms with E-state index >= 15 is 0 Å². The monoisotopic (exact) mass is 576 g/mol. The number of hydrogen-bond acceptors (Lipinski definition) is 6. The predicted octanol–water partition coefficient (Wildman–Crippen LogP) is 4.53. The Bertz CT molecular complexity index is 1110. The molecule has 0 amide bonds. The molecule has 0 saturated carbocycles. The van der Waals surface area contributed by atoms with Crippen molar-refractivity contribution in [3.05, 3.63) is 53.1 Å². The molecule has 2 aromatic rings. The zero-order valence-electron chi connectivity index (χ0n) is 19.3. The molecule has 1 heterocycles. The summed E-state index contributed by atoms with van der Waals surface area (Å²) >= 11 is 7.58. The summed E-state index contributed by atoms with van der Waals surface area (Å²) < 4.78 is 26.4. The lowest BCUT2D eigenvalue weighted by atomic mass is 10.0. The predicted molar refractivity (Wildman–Crippen MR) is 144 cm³/mol. The number of benzene rings is 2. The van der Waals surface area contributed by atoms with E-state index in [2.05, 4.69) is 18.7 Å². The minimum atomic E-state index is -3.75. The van der Waals surface area contributed by atoms with Gasteiger partial charge in [-0.25, -0.2) is 17.7 Å². The van der Waals surface area contributed by atoms with E-state index in [4.69, 9.17) is 16.6 Å². The number of aliphatic hydroxyl groups is 1. The Hall–Kier alpha value is -1.30. The van der Waals surface area contributed by atoms with E-state index < -0.39 is 15.7 Å². The van der Waals surface area contributed by atoms with Crippen molar-refractivity contribution in [1.29, 1.82) is 0 Å². The molecule has 1 aliphatic heterocycles. The van der Waals surface area contributed by atoms with Gasteiger partial charge in [-0.2, -0.15) is 0 Å². The topological polar surface area (TPSA) is 76.4 Å². The van der Waals surface area contributed by atoms with Gasteiger partial charge in [0.05, 0.1) is 16.5 Å². The summed E-state index contributed by atoms with van der Waals surface area (Å²) in [5.74, 6) is 0.308. The number of hydrogen-bond donors (Lipinski definition) is 1. The van der Waals surface area contributed by atoms with Crippen molar-refractivity contribution in [3.8, 4) is 0 Å². The molecule has 33 heavy (non-hydrogen) atoms. The van der Waals surface area contributed by atoms with E-state index in [0.29, 0.717) is 16.5 Å². The van der Waals surface area contributed by atoms with Crippen LogP contribution in [0.25, 0.3) is 0 Å². The molecule has 1 fully saturated rings. The summed E-state index contributed by atoms with van der Waals surface area (Å²) in [5, 5.41) is 12.2. The first kappa shape index (κ1) is 27.9. The molecular formula is C22H30BrClN4O3S2. The van der Waals surface area contributed by atoms with Gasteiger partial charge in [0.2, 0.25) is 10.0 Å². The third kappa shape index (κ3) is 5.52. The highest BCUT2D eigenvalue weighted by Crippen LogP contribution is 2.40. The van der Waals surface area contributed by atoms with Crippen LogP contribution >= 0.6 is 40.3 Å². The average molecular weight is 578 g/mol. The fourth-order valence-corrected chi connectivity index (χ4v) is 6.08. The van der Waals surface area contributed by atoms with E-state index in [1.807, 2.05) is 24.3 Å². The summed E-state index contributed by atoms with van der Waals surface area (Å²) in [6.07, 6.45) is 0. The maximum Gasteiger partial charge on any atom is 0.244 e. The van der Waals surface area contributed by atoms with E-state index in [1.54, 1.807) is 18.0 Å². The Labute approximate surface area is 216 Å². The van der Waals surface area contributed by atoms with Crippen LogP contribution in [-0.2, 0) is 15.7 Å². The van der Waals surface area contributed by atoms with Crippen LogP contribution < -0.4 is 4.90 Å². The van der Waals surface area contributed by atoms with Crippen molar-refractivity contribution in [2.45, 2.75) is 24.5 Å². The van der Waals surface area contributed by atoms with Crippen LogP contribution in [0.2, 0.25) is 5.02 Å². The van der Waals surface area contributed by atoms with Gasteiger partial charge in [0.15, 0.2) is 10.9 Å². The Kier molecular flexibility index (Phi) is 9.28. The summed E-state index contributed by atoms with van der Waals surface area (Å²) in [6, 6.07) is 12.6. The molecule has 0 bridgehead atoms. The van der Waals surface area contributed by atoms with Crippen molar-refractivity contribution in [1.82, 2.24) is 9.21 Å².